The summed E-state index contributed by atoms with van der Waals surface area (Å²) in [6.45, 7) is 5.44. The van der Waals surface area contributed by atoms with Crippen molar-refractivity contribution >= 4 is 22.6 Å². The smallest absolute Gasteiger partial charge is 0.279 e. The highest BCUT2D eigenvalue weighted by Gasteiger charge is 2.27. The Morgan fingerprint density at radius 2 is 1.81 bits per heavy atom. The molecule has 0 bridgehead atoms. The van der Waals surface area contributed by atoms with Crippen LogP contribution in [0, 0.1) is 0 Å². The topological polar surface area (TPSA) is 61.4 Å². The maximum atomic E-state index is 11.8. The maximum Gasteiger partial charge on any atom is 0.279 e. The summed E-state index contributed by atoms with van der Waals surface area (Å²) in [5.74, 6) is 0. The molecule has 1 fully saturated rings. The number of hydrogen-bond donors (Lipinski definition) is 2. The number of halogens is 1. The first-order valence-corrected chi connectivity index (χ1v) is 6.83. The highest BCUT2D eigenvalue weighted by Crippen LogP contribution is 2.12. The number of nitrogens with zero attached hydrogens (tertiary/aromatic N) is 1. The van der Waals surface area contributed by atoms with Crippen LogP contribution in [-0.4, -0.2) is 44.9 Å². The Morgan fingerprint density at radius 1 is 1.31 bits per heavy atom. The molecule has 16 heavy (non-hydrogen) atoms. The molecular formula is C9H22ClN3O2S. The first-order valence-electron chi connectivity index (χ1n) is 5.39. The summed E-state index contributed by atoms with van der Waals surface area (Å²) in [5.41, 5.74) is 0. The fraction of sp³-hybridized carbons (Fsp3) is 1.00. The first kappa shape index (κ1) is 16.1. The van der Waals surface area contributed by atoms with Gasteiger partial charge in [0.25, 0.3) is 10.2 Å². The average Bonchev–Trinajstić information content (AvgIpc) is 2.16. The third-order valence-electron chi connectivity index (χ3n) is 2.59. The highest BCUT2D eigenvalue weighted by molar-refractivity contribution is 7.87. The van der Waals surface area contributed by atoms with Crippen molar-refractivity contribution in [2.24, 2.45) is 0 Å². The van der Waals surface area contributed by atoms with Gasteiger partial charge in [0.15, 0.2) is 0 Å². The molecule has 2 N–H and O–H groups in total. The van der Waals surface area contributed by atoms with Crippen LogP contribution in [0.3, 0.4) is 0 Å². The average molecular weight is 272 g/mol. The van der Waals surface area contributed by atoms with Gasteiger partial charge < -0.3 is 5.32 Å². The van der Waals surface area contributed by atoms with Gasteiger partial charge in [-0.25, -0.2) is 0 Å². The van der Waals surface area contributed by atoms with Crippen LogP contribution in [-0.2, 0) is 10.2 Å². The third kappa shape index (κ3) is 4.55. The first-order chi connectivity index (χ1) is 6.93. The van der Waals surface area contributed by atoms with Crippen LogP contribution in [0.1, 0.15) is 26.7 Å². The van der Waals surface area contributed by atoms with Crippen LogP contribution in [0.15, 0.2) is 0 Å². The Balaban J connectivity index is 0.00000225. The number of hydrogen-bond acceptors (Lipinski definition) is 3. The SMILES string of the molecule is CC(C)NS(=O)(=O)N(C)C1CCNCC1.Cl. The molecule has 1 aliphatic rings. The molecule has 0 spiro atoms. The molecule has 7 heteroatoms. The normalized spacial score (nSPS) is 18.8. The lowest BCUT2D eigenvalue weighted by Gasteiger charge is -2.31. The minimum absolute atomic E-state index is 0. The second-order valence-corrected chi connectivity index (χ2v) is 6.04. The lowest BCUT2D eigenvalue weighted by molar-refractivity contribution is 0.292. The minimum atomic E-state index is -3.30. The van der Waals surface area contributed by atoms with Crippen molar-refractivity contribution in [3.8, 4) is 0 Å². The molecule has 5 nitrogen and oxygen atoms in total. The third-order valence-corrected chi connectivity index (χ3v) is 4.41. The molecule has 0 amide bonds. The quantitative estimate of drug-likeness (QED) is 0.775. The van der Waals surface area contributed by atoms with Crippen LogP contribution >= 0.6 is 12.4 Å². The van der Waals surface area contributed by atoms with Crippen LogP contribution in [0.25, 0.3) is 0 Å². The van der Waals surface area contributed by atoms with Gasteiger partial charge >= 0.3 is 0 Å². The number of piperidine rings is 1. The Bertz CT molecular complexity index is 289. The number of nitrogens with one attached hydrogen (secondary N) is 2. The van der Waals surface area contributed by atoms with E-state index in [1.165, 1.54) is 4.31 Å². The summed E-state index contributed by atoms with van der Waals surface area (Å²) in [6, 6.07) is 0.0710. The van der Waals surface area contributed by atoms with Gasteiger partial charge in [-0.2, -0.15) is 17.4 Å². The van der Waals surface area contributed by atoms with Crippen LogP contribution in [0.2, 0.25) is 0 Å². The van der Waals surface area contributed by atoms with E-state index in [1.807, 2.05) is 13.8 Å². The van der Waals surface area contributed by atoms with Crippen molar-refractivity contribution in [3.63, 3.8) is 0 Å². The zero-order valence-corrected chi connectivity index (χ0v) is 11.7. The molecule has 0 aliphatic carbocycles. The minimum Gasteiger partial charge on any atom is -0.317 e. The fourth-order valence-electron chi connectivity index (χ4n) is 1.75. The summed E-state index contributed by atoms with van der Waals surface area (Å²) in [6.07, 6.45) is 1.77. The zero-order valence-electron chi connectivity index (χ0n) is 10.1. The van der Waals surface area contributed by atoms with Crippen LogP contribution in [0.5, 0.6) is 0 Å². The van der Waals surface area contributed by atoms with Crippen LogP contribution < -0.4 is 10.0 Å². The predicted octanol–water partition coefficient (Wildman–Crippen LogP) is 0.335. The van der Waals surface area contributed by atoms with Gasteiger partial charge in [0.05, 0.1) is 0 Å². The lowest BCUT2D eigenvalue weighted by atomic mass is 10.1. The molecular weight excluding hydrogens is 250 g/mol. The van der Waals surface area contributed by atoms with Gasteiger partial charge in [-0.15, -0.1) is 12.4 Å². The largest absolute Gasteiger partial charge is 0.317 e. The molecule has 0 aromatic carbocycles. The Kier molecular flexibility index (Phi) is 6.81. The molecule has 98 valence electrons. The zero-order chi connectivity index (χ0) is 11.5. The van der Waals surface area contributed by atoms with Gasteiger partial charge in [0.2, 0.25) is 0 Å². The van der Waals surface area contributed by atoms with Gasteiger partial charge in [-0.05, 0) is 39.8 Å². The molecule has 0 saturated carbocycles. The molecule has 0 aromatic rings. The van der Waals surface area contributed by atoms with E-state index >= 15 is 0 Å². The van der Waals surface area contributed by atoms with E-state index in [0.29, 0.717) is 0 Å². The molecule has 1 heterocycles. The highest BCUT2D eigenvalue weighted by atomic mass is 35.5. The summed E-state index contributed by atoms with van der Waals surface area (Å²) in [4.78, 5) is 0. The number of rotatable bonds is 4. The molecule has 1 saturated heterocycles. The van der Waals surface area contributed by atoms with Crippen molar-refractivity contribution in [1.29, 1.82) is 0 Å². The summed E-state index contributed by atoms with van der Waals surface area (Å²) >= 11 is 0. The molecule has 0 atom stereocenters. The Labute approximate surface area is 105 Å². The Hall–Kier alpha value is 0.120. The van der Waals surface area contributed by atoms with E-state index in [9.17, 15) is 8.42 Å². The van der Waals surface area contributed by atoms with Crippen molar-refractivity contribution in [2.45, 2.75) is 38.8 Å². The summed E-state index contributed by atoms with van der Waals surface area (Å²) in [7, 11) is -1.65. The van der Waals surface area contributed by atoms with E-state index in [4.69, 9.17) is 0 Å². The molecule has 1 rings (SSSR count). The molecule has 0 aromatic heterocycles. The van der Waals surface area contributed by atoms with E-state index in [0.717, 1.165) is 25.9 Å². The van der Waals surface area contributed by atoms with Gasteiger partial charge in [0.1, 0.15) is 0 Å². The van der Waals surface area contributed by atoms with E-state index in [1.54, 1.807) is 7.05 Å². The maximum absolute atomic E-state index is 11.8. The summed E-state index contributed by atoms with van der Waals surface area (Å²) < 4.78 is 27.7. The van der Waals surface area contributed by atoms with E-state index in [2.05, 4.69) is 10.0 Å². The van der Waals surface area contributed by atoms with Crippen molar-refractivity contribution in [2.75, 3.05) is 20.1 Å². The second-order valence-electron chi connectivity index (χ2n) is 4.27. The fourth-order valence-corrected chi connectivity index (χ4v) is 3.11. The van der Waals surface area contributed by atoms with E-state index in [-0.39, 0.29) is 24.5 Å². The van der Waals surface area contributed by atoms with Crippen LogP contribution in [0.4, 0.5) is 0 Å². The summed E-state index contributed by atoms with van der Waals surface area (Å²) in [5, 5.41) is 3.22. The lowest BCUT2D eigenvalue weighted by Crippen LogP contribution is -2.49. The second kappa shape index (κ2) is 6.76. The molecule has 0 radical (unpaired) electrons. The predicted molar refractivity (Wildman–Crippen MR) is 68.1 cm³/mol. The van der Waals surface area contributed by atoms with Crippen molar-refractivity contribution in [1.82, 2.24) is 14.3 Å². The molecule has 1 aliphatic heterocycles. The van der Waals surface area contributed by atoms with Gasteiger partial charge in [0, 0.05) is 19.1 Å². The van der Waals surface area contributed by atoms with Crippen molar-refractivity contribution < 1.29 is 8.42 Å². The van der Waals surface area contributed by atoms with Crippen molar-refractivity contribution in [3.05, 3.63) is 0 Å². The monoisotopic (exact) mass is 271 g/mol. The van der Waals surface area contributed by atoms with Gasteiger partial charge in [-0.1, -0.05) is 0 Å². The Morgan fingerprint density at radius 3 is 2.25 bits per heavy atom. The van der Waals surface area contributed by atoms with Gasteiger partial charge in [-0.3, -0.25) is 0 Å². The standard InChI is InChI=1S/C9H21N3O2S.ClH/c1-8(2)11-15(13,14)12(3)9-4-6-10-7-5-9;/h8-11H,4-7H2,1-3H3;1H. The van der Waals surface area contributed by atoms with E-state index < -0.39 is 10.2 Å². The molecule has 0 unspecified atom stereocenters.